The fraction of sp³-hybridized carbons (Fsp3) is 0.889. The molecular formula is C9H21N3O3S. The third-order valence-electron chi connectivity index (χ3n) is 2.03. The van der Waals surface area contributed by atoms with Crippen LogP contribution in [0, 0.1) is 0 Å². The van der Waals surface area contributed by atoms with Crippen LogP contribution in [0.2, 0.25) is 0 Å². The Labute approximate surface area is 97.0 Å². The number of hydrogen-bond donors (Lipinski definition) is 3. The number of carbonyl (C=O) groups excluding carboxylic acids is 1. The second-order valence-corrected chi connectivity index (χ2v) is 5.47. The van der Waals surface area contributed by atoms with Crippen molar-refractivity contribution >= 4 is 15.9 Å². The van der Waals surface area contributed by atoms with Crippen molar-refractivity contribution < 1.29 is 13.2 Å². The number of nitrogens with one attached hydrogen (secondary N) is 2. The summed E-state index contributed by atoms with van der Waals surface area (Å²) in [6.07, 6.45) is 0.959. The predicted molar refractivity (Wildman–Crippen MR) is 63.4 cm³/mol. The van der Waals surface area contributed by atoms with Crippen LogP contribution < -0.4 is 15.8 Å². The number of sulfonamides is 1. The SMILES string of the molecule is CCNS(=O)(=O)CCNC(=O)CC(N)CC. The molecule has 0 saturated carbocycles. The van der Waals surface area contributed by atoms with Gasteiger partial charge in [0.1, 0.15) is 0 Å². The lowest BCUT2D eigenvalue weighted by Crippen LogP contribution is -2.36. The van der Waals surface area contributed by atoms with Crippen LogP contribution >= 0.6 is 0 Å². The Balaban J connectivity index is 3.78. The highest BCUT2D eigenvalue weighted by Crippen LogP contribution is 1.92. The van der Waals surface area contributed by atoms with E-state index in [-0.39, 0.29) is 30.7 Å². The summed E-state index contributed by atoms with van der Waals surface area (Å²) in [5.41, 5.74) is 5.59. The van der Waals surface area contributed by atoms with Gasteiger partial charge < -0.3 is 11.1 Å². The van der Waals surface area contributed by atoms with E-state index in [1.54, 1.807) is 6.92 Å². The highest BCUT2D eigenvalue weighted by molar-refractivity contribution is 7.89. The van der Waals surface area contributed by atoms with Gasteiger partial charge in [-0.3, -0.25) is 4.79 Å². The van der Waals surface area contributed by atoms with Crippen molar-refractivity contribution in [1.82, 2.24) is 10.0 Å². The number of nitrogens with two attached hydrogens (primary N) is 1. The summed E-state index contributed by atoms with van der Waals surface area (Å²) < 4.78 is 24.8. The highest BCUT2D eigenvalue weighted by Gasteiger charge is 2.10. The van der Waals surface area contributed by atoms with Crippen LogP contribution in [0.3, 0.4) is 0 Å². The minimum absolute atomic E-state index is 0.103. The van der Waals surface area contributed by atoms with Crippen LogP contribution in [0.1, 0.15) is 26.7 Å². The van der Waals surface area contributed by atoms with Gasteiger partial charge in [-0.05, 0) is 6.42 Å². The van der Waals surface area contributed by atoms with E-state index >= 15 is 0 Å². The van der Waals surface area contributed by atoms with Crippen LogP contribution in [-0.2, 0) is 14.8 Å². The van der Waals surface area contributed by atoms with Crippen molar-refractivity contribution in [1.29, 1.82) is 0 Å². The normalized spacial score (nSPS) is 13.4. The van der Waals surface area contributed by atoms with Crippen molar-refractivity contribution in [2.75, 3.05) is 18.8 Å². The molecule has 0 aliphatic carbocycles. The summed E-state index contributed by atoms with van der Waals surface area (Å²) >= 11 is 0. The van der Waals surface area contributed by atoms with Gasteiger partial charge in [0.25, 0.3) is 0 Å². The standard InChI is InChI=1S/C9H21N3O3S/c1-3-8(10)7-9(13)11-5-6-16(14,15)12-4-2/h8,12H,3-7,10H2,1-2H3,(H,11,13). The first kappa shape index (κ1) is 15.3. The molecule has 0 bridgehead atoms. The van der Waals surface area contributed by atoms with Crippen LogP contribution in [0.15, 0.2) is 0 Å². The van der Waals surface area contributed by atoms with Crippen LogP contribution in [0.4, 0.5) is 0 Å². The van der Waals surface area contributed by atoms with Gasteiger partial charge >= 0.3 is 0 Å². The summed E-state index contributed by atoms with van der Waals surface area (Å²) in [5, 5.41) is 2.52. The largest absolute Gasteiger partial charge is 0.355 e. The van der Waals surface area contributed by atoms with E-state index in [0.29, 0.717) is 6.54 Å². The summed E-state index contributed by atoms with van der Waals surface area (Å²) in [5.74, 6) is -0.311. The number of amides is 1. The molecule has 0 radical (unpaired) electrons. The van der Waals surface area contributed by atoms with Gasteiger partial charge in [0.15, 0.2) is 0 Å². The molecule has 1 amide bonds. The molecule has 0 aliphatic heterocycles. The number of rotatable bonds is 8. The zero-order valence-corrected chi connectivity index (χ0v) is 10.6. The molecule has 0 aromatic heterocycles. The molecule has 0 rings (SSSR count). The van der Waals surface area contributed by atoms with E-state index in [0.717, 1.165) is 6.42 Å². The lowest BCUT2D eigenvalue weighted by molar-refractivity contribution is -0.121. The molecule has 16 heavy (non-hydrogen) atoms. The Morgan fingerprint density at radius 1 is 1.38 bits per heavy atom. The van der Waals surface area contributed by atoms with Gasteiger partial charge in [-0.2, -0.15) is 0 Å². The maximum atomic E-state index is 11.2. The lowest BCUT2D eigenvalue weighted by atomic mass is 10.1. The molecule has 7 heteroatoms. The fourth-order valence-electron chi connectivity index (χ4n) is 1.07. The van der Waals surface area contributed by atoms with E-state index in [1.807, 2.05) is 6.92 Å². The molecule has 1 unspecified atom stereocenters. The third kappa shape index (κ3) is 7.61. The highest BCUT2D eigenvalue weighted by atomic mass is 32.2. The van der Waals surface area contributed by atoms with E-state index in [4.69, 9.17) is 5.73 Å². The minimum atomic E-state index is -3.26. The molecule has 96 valence electrons. The summed E-state index contributed by atoms with van der Waals surface area (Å²) in [4.78, 5) is 11.2. The molecule has 0 fully saturated rings. The van der Waals surface area contributed by atoms with Crippen LogP contribution in [0.25, 0.3) is 0 Å². The van der Waals surface area contributed by atoms with E-state index < -0.39 is 10.0 Å². The average molecular weight is 251 g/mol. The molecule has 0 spiro atoms. The Kier molecular flexibility index (Phi) is 7.27. The Bertz CT molecular complexity index is 303. The van der Waals surface area contributed by atoms with Gasteiger partial charge in [-0.25, -0.2) is 13.1 Å². The molecule has 0 heterocycles. The molecule has 1 atom stereocenters. The molecule has 0 saturated heterocycles. The van der Waals surface area contributed by atoms with Crippen molar-refractivity contribution in [3.8, 4) is 0 Å². The summed E-state index contributed by atoms with van der Waals surface area (Å²) in [6.45, 7) is 4.07. The lowest BCUT2D eigenvalue weighted by Gasteiger charge is -2.09. The Morgan fingerprint density at radius 3 is 2.50 bits per heavy atom. The van der Waals surface area contributed by atoms with E-state index in [2.05, 4.69) is 10.0 Å². The minimum Gasteiger partial charge on any atom is -0.355 e. The molecule has 0 aliphatic rings. The van der Waals surface area contributed by atoms with Gasteiger partial charge in [-0.15, -0.1) is 0 Å². The Hall–Kier alpha value is -0.660. The fourth-order valence-corrected chi connectivity index (χ4v) is 2.03. The topological polar surface area (TPSA) is 101 Å². The maximum absolute atomic E-state index is 11.2. The molecular weight excluding hydrogens is 230 g/mol. The van der Waals surface area contributed by atoms with Crippen LogP contribution in [0.5, 0.6) is 0 Å². The summed E-state index contributed by atoms with van der Waals surface area (Å²) in [7, 11) is -3.26. The van der Waals surface area contributed by atoms with E-state index in [1.165, 1.54) is 0 Å². The quantitative estimate of drug-likeness (QED) is 0.524. The van der Waals surface area contributed by atoms with Gasteiger partial charge in [0.05, 0.1) is 5.75 Å². The summed E-state index contributed by atoms with van der Waals surface area (Å²) in [6, 6.07) is -0.162. The van der Waals surface area contributed by atoms with Crippen molar-refractivity contribution in [2.45, 2.75) is 32.7 Å². The van der Waals surface area contributed by atoms with E-state index in [9.17, 15) is 13.2 Å². The number of carbonyl (C=O) groups is 1. The third-order valence-corrected chi connectivity index (χ3v) is 3.50. The second kappa shape index (κ2) is 7.59. The predicted octanol–water partition coefficient (Wildman–Crippen LogP) is -0.831. The van der Waals surface area contributed by atoms with Crippen LogP contribution in [-0.4, -0.2) is 39.2 Å². The first-order chi connectivity index (χ1) is 7.41. The monoisotopic (exact) mass is 251 g/mol. The first-order valence-electron chi connectivity index (χ1n) is 5.40. The van der Waals surface area contributed by atoms with Crippen molar-refractivity contribution in [3.05, 3.63) is 0 Å². The van der Waals surface area contributed by atoms with Crippen molar-refractivity contribution in [2.24, 2.45) is 5.73 Å². The van der Waals surface area contributed by atoms with Crippen molar-refractivity contribution in [3.63, 3.8) is 0 Å². The number of hydrogen-bond acceptors (Lipinski definition) is 4. The molecule has 0 aromatic carbocycles. The zero-order valence-electron chi connectivity index (χ0n) is 9.82. The average Bonchev–Trinajstić information content (AvgIpc) is 2.16. The first-order valence-corrected chi connectivity index (χ1v) is 7.06. The van der Waals surface area contributed by atoms with Gasteiger partial charge in [-0.1, -0.05) is 13.8 Å². The zero-order chi connectivity index (χ0) is 12.6. The smallest absolute Gasteiger partial charge is 0.221 e. The second-order valence-electron chi connectivity index (χ2n) is 3.54. The molecule has 6 nitrogen and oxygen atoms in total. The maximum Gasteiger partial charge on any atom is 0.221 e. The molecule has 0 aromatic rings. The van der Waals surface area contributed by atoms with Gasteiger partial charge in [0.2, 0.25) is 15.9 Å². The van der Waals surface area contributed by atoms with Gasteiger partial charge in [0, 0.05) is 25.6 Å². The molecule has 4 N–H and O–H groups in total. The Morgan fingerprint density at radius 2 is 2.00 bits per heavy atom.